The summed E-state index contributed by atoms with van der Waals surface area (Å²) in [5.74, 6) is -1.40. The molecule has 0 radical (unpaired) electrons. The summed E-state index contributed by atoms with van der Waals surface area (Å²) in [6, 6.07) is 13.7. The molecule has 0 aliphatic carbocycles. The van der Waals surface area contributed by atoms with Crippen LogP contribution in [0.5, 0.6) is 5.75 Å². The second-order valence-electron chi connectivity index (χ2n) is 7.50. The van der Waals surface area contributed by atoms with Crippen LogP contribution < -0.4 is 9.64 Å². The average Bonchev–Trinajstić information content (AvgIpc) is 3.17. The number of carbonyl (C=O) groups is 2. The lowest BCUT2D eigenvalue weighted by molar-refractivity contribution is -0.394. The normalized spacial score (nSPS) is 14.0. The van der Waals surface area contributed by atoms with Crippen LogP contribution in [0.15, 0.2) is 71.6 Å². The molecule has 190 valence electrons. The number of ether oxygens (including phenoxy) is 1. The Hall–Kier alpha value is -5.02. The van der Waals surface area contributed by atoms with Crippen molar-refractivity contribution in [3.63, 3.8) is 0 Å². The quantitative estimate of drug-likeness (QED) is 0.0958. The average molecular weight is 553 g/mol. The molecule has 1 aliphatic rings. The maximum Gasteiger partial charge on any atom is 0.344 e. The summed E-state index contributed by atoms with van der Waals surface area (Å²) in [6.45, 7) is 0. The third-order valence-electron chi connectivity index (χ3n) is 5.06. The molecule has 0 spiro atoms. The second-order valence-corrected chi connectivity index (χ2v) is 9.18. The smallest absolute Gasteiger partial charge is 0.344 e. The number of nitrogens with zero attached hydrogens (tertiary/aromatic N) is 4. The van der Waals surface area contributed by atoms with Crippen LogP contribution in [0.25, 0.3) is 6.08 Å². The summed E-state index contributed by atoms with van der Waals surface area (Å²) in [5.41, 5.74) is -0.825. The first-order chi connectivity index (χ1) is 18.0. The predicted octanol–water partition coefficient (Wildman–Crippen LogP) is 5.04. The Bertz CT molecular complexity index is 1520. The Morgan fingerprint density at radius 3 is 1.92 bits per heavy atom. The second kappa shape index (κ2) is 10.5. The van der Waals surface area contributed by atoms with Gasteiger partial charge in [0.25, 0.3) is 23.0 Å². The summed E-state index contributed by atoms with van der Waals surface area (Å²) in [5, 5.41) is 32.9. The van der Waals surface area contributed by atoms with E-state index < -0.39 is 38.0 Å². The number of amides is 1. The Kier molecular flexibility index (Phi) is 7.22. The van der Waals surface area contributed by atoms with Gasteiger partial charge in [0, 0.05) is 24.3 Å². The summed E-state index contributed by atoms with van der Waals surface area (Å²) >= 11 is 6.33. The van der Waals surface area contributed by atoms with Crippen LogP contribution in [0.1, 0.15) is 15.9 Å². The molecule has 0 aromatic heterocycles. The van der Waals surface area contributed by atoms with E-state index in [1.54, 1.807) is 6.08 Å². The maximum atomic E-state index is 12.9. The molecule has 0 bridgehead atoms. The molecule has 1 amide bonds. The third-order valence-corrected chi connectivity index (χ3v) is 6.36. The Balaban J connectivity index is 1.49. The van der Waals surface area contributed by atoms with Crippen molar-refractivity contribution in [1.82, 2.24) is 0 Å². The number of nitro groups is 3. The lowest BCUT2D eigenvalue weighted by Gasteiger charge is -2.13. The highest BCUT2D eigenvalue weighted by atomic mass is 32.2. The SMILES string of the molecule is O=C(Oc1ccc(/C=C2\SC(=S)N(c3ccc([N+](=O)[O-])cc3)C2=O)cc1)c1cc([N+](=O)[O-])cc([N+](=O)[O-])c1. The number of anilines is 1. The van der Waals surface area contributed by atoms with Gasteiger partial charge in [0.15, 0.2) is 4.32 Å². The van der Waals surface area contributed by atoms with Crippen molar-refractivity contribution in [2.45, 2.75) is 0 Å². The van der Waals surface area contributed by atoms with Crippen molar-refractivity contribution < 1.29 is 29.1 Å². The lowest BCUT2D eigenvalue weighted by Crippen LogP contribution is -2.27. The first-order valence-electron chi connectivity index (χ1n) is 10.3. The number of thiocarbonyl (C=S) groups is 1. The van der Waals surface area contributed by atoms with E-state index in [0.29, 0.717) is 16.2 Å². The van der Waals surface area contributed by atoms with E-state index in [1.807, 2.05) is 0 Å². The largest absolute Gasteiger partial charge is 0.423 e. The summed E-state index contributed by atoms with van der Waals surface area (Å²) < 4.78 is 5.42. The van der Waals surface area contributed by atoms with Gasteiger partial charge in [0.05, 0.1) is 37.0 Å². The molecular formula is C23H12N4O9S2. The Morgan fingerprint density at radius 2 is 1.39 bits per heavy atom. The zero-order valence-corrected chi connectivity index (χ0v) is 20.3. The predicted molar refractivity (Wildman–Crippen MR) is 140 cm³/mol. The molecule has 3 aromatic rings. The standard InChI is InChI=1S/C23H12N4O9S2/c28-21-20(38-23(37)24(21)15-3-5-16(6-4-15)25(30)31)9-13-1-7-19(8-2-13)36-22(29)14-10-17(26(32)33)12-18(11-14)27(34)35/h1-12H/b20-9-. The molecule has 0 atom stereocenters. The van der Waals surface area contributed by atoms with Gasteiger partial charge in [-0.2, -0.15) is 0 Å². The number of thioether (sulfide) groups is 1. The van der Waals surface area contributed by atoms with Gasteiger partial charge in [-0.1, -0.05) is 36.1 Å². The van der Waals surface area contributed by atoms with Gasteiger partial charge < -0.3 is 4.74 Å². The zero-order chi connectivity index (χ0) is 27.6. The summed E-state index contributed by atoms with van der Waals surface area (Å²) in [7, 11) is 0. The van der Waals surface area contributed by atoms with Gasteiger partial charge in [-0.25, -0.2) is 4.79 Å². The number of rotatable bonds is 7. The number of hydrogen-bond donors (Lipinski definition) is 0. The number of esters is 1. The van der Waals surface area contributed by atoms with Crippen LogP contribution in [-0.2, 0) is 4.79 Å². The third kappa shape index (κ3) is 5.53. The van der Waals surface area contributed by atoms with Gasteiger partial charge in [-0.05, 0) is 35.9 Å². The van der Waals surface area contributed by atoms with Crippen molar-refractivity contribution in [2.24, 2.45) is 0 Å². The minimum atomic E-state index is -1.03. The van der Waals surface area contributed by atoms with Crippen LogP contribution in [0.2, 0.25) is 0 Å². The number of benzene rings is 3. The van der Waals surface area contributed by atoms with Crippen molar-refractivity contribution in [3.05, 3.63) is 113 Å². The van der Waals surface area contributed by atoms with E-state index in [1.165, 1.54) is 53.4 Å². The molecule has 38 heavy (non-hydrogen) atoms. The van der Waals surface area contributed by atoms with Crippen molar-refractivity contribution in [3.8, 4) is 5.75 Å². The Morgan fingerprint density at radius 1 is 0.842 bits per heavy atom. The zero-order valence-electron chi connectivity index (χ0n) is 18.7. The fourth-order valence-electron chi connectivity index (χ4n) is 3.29. The minimum absolute atomic E-state index is 0.0553. The van der Waals surface area contributed by atoms with Gasteiger partial charge in [-0.3, -0.25) is 40.0 Å². The van der Waals surface area contributed by atoms with E-state index in [4.69, 9.17) is 17.0 Å². The highest BCUT2D eigenvalue weighted by Crippen LogP contribution is 2.36. The molecule has 4 rings (SSSR count). The van der Waals surface area contributed by atoms with Crippen LogP contribution >= 0.6 is 24.0 Å². The van der Waals surface area contributed by atoms with Crippen LogP contribution in [-0.4, -0.2) is 31.0 Å². The van der Waals surface area contributed by atoms with Crippen LogP contribution in [0.3, 0.4) is 0 Å². The lowest BCUT2D eigenvalue weighted by atomic mass is 10.1. The van der Waals surface area contributed by atoms with Crippen molar-refractivity contribution in [1.29, 1.82) is 0 Å². The van der Waals surface area contributed by atoms with Gasteiger partial charge in [0.2, 0.25) is 0 Å². The molecule has 1 saturated heterocycles. The first-order valence-corrected chi connectivity index (χ1v) is 11.5. The summed E-state index contributed by atoms with van der Waals surface area (Å²) in [4.78, 5) is 57.6. The van der Waals surface area contributed by atoms with E-state index in [0.717, 1.165) is 30.0 Å². The van der Waals surface area contributed by atoms with E-state index in [-0.39, 0.29) is 21.3 Å². The number of carbonyl (C=O) groups excluding carboxylic acids is 2. The van der Waals surface area contributed by atoms with Gasteiger partial charge in [-0.15, -0.1) is 0 Å². The molecule has 0 unspecified atom stereocenters. The molecule has 1 heterocycles. The van der Waals surface area contributed by atoms with Gasteiger partial charge in [0.1, 0.15) is 5.75 Å². The number of nitro benzene ring substituents is 3. The molecular weight excluding hydrogens is 540 g/mol. The Labute approximate surface area is 221 Å². The summed E-state index contributed by atoms with van der Waals surface area (Å²) in [6.07, 6.45) is 1.56. The highest BCUT2D eigenvalue weighted by molar-refractivity contribution is 8.27. The fourth-order valence-corrected chi connectivity index (χ4v) is 4.59. The van der Waals surface area contributed by atoms with Crippen LogP contribution in [0, 0.1) is 30.3 Å². The van der Waals surface area contributed by atoms with Crippen LogP contribution in [0.4, 0.5) is 22.7 Å². The topological polar surface area (TPSA) is 176 Å². The fraction of sp³-hybridized carbons (Fsp3) is 0. The first kappa shape index (κ1) is 26.1. The van der Waals surface area contributed by atoms with E-state index >= 15 is 0 Å². The number of non-ortho nitro benzene ring substituents is 3. The molecule has 1 fully saturated rings. The van der Waals surface area contributed by atoms with Crippen molar-refractivity contribution >= 4 is 69.0 Å². The molecule has 0 saturated carbocycles. The van der Waals surface area contributed by atoms with E-state index in [2.05, 4.69) is 0 Å². The maximum absolute atomic E-state index is 12.9. The van der Waals surface area contributed by atoms with Gasteiger partial charge >= 0.3 is 5.97 Å². The molecule has 0 N–H and O–H groups in total. The highest BCUT2D eigenvalue weighted by Gasteiger charge is 2.33. The molecule has 15 heteroatoms. The minimum Gasteiger partial charge on any atom is -0.423 e. The van der Waals surface area contributed by atoms with E-state index in [9.17, 15) is 39.9 Å². The molecule has 3 aromatic carbocycles. The number of hydrogen-bond acceptors (Lipinski definition) is 11. The molecule has 13 nitrogen and oxygen atoms in total. The van der Waals surface area contributed by atoms with Crippen molar-refractivity contribution in [2.75, 3.05) is 4.90 Å². The monoisotopic (exact) mass is 552 g/mol. The molecule has 1 aliphatic heterocycles.